The number of Topliss-reactive ketones (excluding diaryl/α,β-unsaturated/α-hetero) is 1. The summed E-state index contributed by atoms with van der Waals surface area (Å²) in [5.74, 6) is -1.32. The summed E-state index contributed by atoms with van der Waals surface area (Å²) in [6, 6.07) is 19.1. The minimum Gasteiger partial charge on any atom is -0.426 e. The lowest BCUT2D eigenvalue weighted by atomic mass is 9.76. The van der Waals surface area contributed by atoms with Crippen molar-refractivity contribution in [2.75, 3.05) is 0 Å². The Morgan fingerprint density at radius 1 is 0.931 bits per heavy atom. The molecule has 0 radical (unpaired) electrons. The van der Waals surface area contributed by atoms with E-state index in [9.17, 15) is 19.6 Å². The van der Waals surface area contributed by atoms with E-state index in [0.29, 0.717) is 12.0 Å². The number of carbonyl (C=O) groups is 2. The maximum Gasteiger partial charge on any atom is 0.475 e. The fourth-order valence-electron chi connectivity index (χ4n) is 3.02. The molecule has 5 nitrogen and oxygen atoms in total. The molecule has 0 aliphatic heterocycles. The molecular formula is C22H22BNO4S. The zero-order chi connectivity index (χ0) is 20.6. The van der Waals surface area contributed by atoms with Crippen molar-refractivity contribution in [2.24, 2.45) is 0 Å². The Labute approximate surface area is 174 Å². The van der Waals surface area contributed by atoms with Crippen molar-refractivity contribution in [3.63, 3.8) is 0 Å². The van der Waals surface area contributed by atoms with Crippen LogP contribution in [0.15, 0.2) is 71.4 Å². The summed E-state index contributed by atoms with van der Waals surface area (Å²) in [6.45, 7) is 0. The molecule has 3 rings (SSSR count). The molecule has 0 aliphatic rings. The predicted octanol–water partition coefficient (Wildman–Crippen LogP) is 3.12. The van der Waals surface area contributed by atoms with Crippen LogP contribution in [0.25, 0.3) is 11.1 Å². The summed E-state index contributed by atoms with van der Waals surface area (Å²) in [4.78, 5) is 24.6. The summed E-state index contributed by atoms with van der Waals surface area (Å²) in [5, 5.41) is 25.4. The molecule has 7 heteroatoms. The van der Waals surface area contributed by atoms with Crippen LogP contribution in [0, 0.1) is 0 Å². The number of rotatable bonds is 9. The molecule has 2 aromatic carbocycles. The number of ketones is 1. The lowest BCUT2D eigenvalue weighted by Crippen LogP contribution is -2.47. The Kier molecular flexibility index (Phi) is 7.35. The number of benzene rings is 2. The third-order valence-corrected chi connectivity index (χ3v) is 5.37. The molecule has 3 N–H and O–H groups in total. The molecule has 0 saturated heterocycles. The van der Waals surface area contributed by atoms with E-state index in [1.165, 1.54) is 11.3 Å². The van der Waals surface area contributed by atoms with E-state index >= 15 is 0 Å². The van der Waals surface area contributed by atoms with Crippen molar-refractivity contribution < 1.29 is 19.6 Å². The van der Waals surface area contributed by atoms with Crippen LogP contribution in [0.2, 0.25) is 0 Å². The van der Waals surface area contributed by atoms with Gasteiger partial charge < -0.3 is 15.4 Å². The minimum absolute atomic E-state index is 0.00781. The van der Waals surface area contributed by atoms with Crippen LogP contribution in [-0.2, 0) is 11.2 Å². The van der Waals surface area contributed by atoms with Gasteiger partial charge in [-0.3, -0.25) is 9.59 Å². The maximum atomic E-state index is 12.4. The average Bonchev–Trinajstić information content (AvgIpc) is 3.25. The number of hydrogen-bond acceptors (Lipinski definition) is 5. The molecule has 0 fully saturated rings. The van der Waals surface area contributed by atoms with Crippen LogP contribution < -0.4 is 5.32 Å². The van der Waals surface area contributed by atoms with Gasteiger partial charge in [-0.25, -0.2) is 0 Å². The average molecular weight is 407 g/mol. The monoisotopic (exact) mass is 407 g/mol. The van der Waals surface area contributed by atoms with Crippen LogP contribution in [0.5, 0.6) is 0 Å². The second-order valence-electron chi connectivity index (χ2n) is 6.79. The van der Waals surface area contributed by atoms with Gasteiger partial charge in [0, 0.05) is 18.4 Å². The van der Waals surface area contributed by atoms with E-state index in [0.717, 1.165) is 16.7 Å². The van der Waals surface area contributed by atoms with Crippen LogP contribution in [-0.4, -0.2) is 34.8 Å². The lowest BCUT2D eigenvalue weighted by molar-refractivity contribution is -0.121. The largest absolute Gasteiger partial charge is 0.475 e. The number of hydrogen-bond donors (Lipinski definition) is 3. The molecule has 3 aromatic rings. The summed E-state index contributed by atoms with van der Waals surface area (Å²) in [6.07, 6.45) is 0.372. The third kappa shape index (κ3) is 6.12. The van der Waals surface area contributed by atoms with Gasteiger partial charge in [0.15, 0.2) is 5.78 Å². The first-order valence-corrected chi connectivity index (χ1v) is 10.3. The molecule has 29 heavy (non-hydrogen) atoms. The Balaban J connectivity index is 1.52. The van der Waals surface area contributed by atoms with Gasteiger partial charge in [-0.2, -0.15) is 11.3 Å². The SMILES string of the molecule is O=C(CCC(=O)c1ccc(-c2ccccc2)cc1)N[C@@H](Cc1ccsc1)B(O)O. The van der Waals surface area contributed by atoms with Gasteiger partial charge in [0.1, 0.15) is 0 Å². The van der Waals surface area contributed by atoms with Crippen molar-refractivity contribution in [3.05, 3.63) is 82.6 Å². The van der Waals surface area contributed by atoms with E-state index in [1.807, 2.05) is 59.3 Å². The molecule has 0 bridgehead atoms. The summed E-state index contributed by atoms with van der Waals surface area (Å²) in [7, 11) is -1.67. The topological polar surface area (TPSA) is 86.6 Å². The zero-order valence-corrected chi connectivity index (χ0v) is 16.6. The van der Waals surface area contributed by atoms with Gasteiger partial charge in [-0.1, -0.05) is 54.6 Å². The Morgan fingerprint density at radius 2 is 1.62 bits per heavy atom. The highest BCUT2D eigenvalue weighted by molar-refractivity contribution is 7.07. The predicted molar refractivity (Wildman–Crippen MR) is 116 cm³/mol. The van der Waals surface area contributed by atoms with Gasteiger partial charge >= 0.3 is 7.12 Å². The number of carbonyl (C=O) groups excluding carboxylic acids is 2. The zero-order valence-electron chi connectivity index (χ0n) is 15.8. The van der Waals surface area contributed by atoms with Crippen molar-refractivity contribution in [2.45, 2.75) is 25.2 Å². The molecule has 1 atom stereocenters. The smallest absolute Gasteiger partial charge is 0.426 e. The van der Waals surface area contributed by atoms with Gasteiger partial charge in [-0.05, 0) is 39.9 Å². The van der Waals surface area contributed by atoms with E-state index in [2.05, 4.69) is 5.32 Å². The Bertz CT molecular complexity index is 927. The normalized spacial score (nSPS) is 11.7. The van der Waals surface area contributed by atoms with E-state index in [-0.39, 0.29) is 24.5 Å². The maximum absolute atomic E-state index is 12.4. The standard InChI is InChI=1S/C22H22BNO4S/c25-20(19-8-6-18(7-9-19)17-4-2-1-3-5-17)10-11-22(26)24-21(23(27)28)14-16-12-13-29-15-16/h1-9,12-13,15,21,27-28H,10-11,14H2,(H,24,26)/t21-/m0/s1. The lowest BCUT2D eigenvalue weighted by Gasteiger charge is -2.17. The molecule has 0 aliphatic carbocycles. The molecule has 0 spiro atoms. The molecular weight excluding hydrogens is 385 g/mol. The van der Waals surface area contributed by atoms with Crippen molar-refractivity contribution in [1.29, 1.82) is 0 Å². The van der Waals surface area contributed by atoms with Crippen molar-refractivity contribution in [3.8, 4) is 11.1 Å². The molecule has 148 valence electrons. The summed E-state index contributed by atoms with van der Waals surface area (Å²) < 4.78 is 0. The van der Waals surface area contributed by atoms with Gasteiger partial charge in [0.05, 0.1) is 5.94 Å². The number of amides is 1. The highest BCUT2D eigenvalue weighted by Gasteiger charge is 2.25. The minimum atomic E-state index is -1.67. The summed E-state index contributed by atoms with van der Waals surface area (Å²) in [5.41, 5.74) is 3.57. The third-order valence-electron chi connectivity index (χ3n) is 4.64. The fraction of sp³-hybridized carbons (Fsp3) is 0.182. The fourth-order valence-corrected chi connectivity index (χ4v) is 3.70. The van der Waals surface area contributed by atoms with Crippen LogP contribution in [0.1, 0.15) is 28.8 Å². The van der Waals surface area contributed by atoms with E-state index < -0.39 is 13.1 Å². The quantitative estimate of drug-likeness (QED) is 0.376. The first kappa shape index (κ1) is 21.0. The Morgan fingerprint density at radius 3 is 2.24 bits per heavy atom. The van der Waals surface area contributed by atoms with Crippen molar-refractivity contribution >= 4 is 30.1 Å². The highest BCUT2D eigenvalue weighted by Crippen LogP contribution is 2.20. The molecule has 0 unspecified atom stereocenters. The first-order valence-electron chi connectivity index (χ1n) is 9.38. The van der Waals surface area contributed by atoms with E-state index in [1.54, 1.807) is 12.1 Å². The Hall–Kier alpha value is -2.74. The van der Waals surface area contributed by atoms with Crippen LogP contribution >= 0.6 is 11.3 Å². The molecule has 1 heterocycles. The molecule has 1 amide bonds. The van der Waals surface area contributed by atoms with Gasteiger partial charge in [0.2, 0.25) is 5.91 Å². The second kappa shape index (κ2) is 10.2. The molecule has 0 saturated carbocycles. The van der Waals surface area contributed by atoms with Gasteiger partial charge in [-0.15, -0.1) is 0 Å². The number of thiophene rings is 1. The van der Waals surface area contributed by atoms with Gasteiger partial charge in [0.25, 0.3) is 0 Å². The molecule has 1 aromatic heterocycles. The van der Waals surface area contributed by atoms with E-state index in [4.69, 9.17) is 0 Å². The second-order valence-corrected chi connectivity index (χ2v) is 7.57. The highest BCUT2D eigenvalue weighted by atomic mass is 32.1. The van der Waals surface area contributed by atoms with Crippen molar-refractivity contribution in [1.82, 2.24) is 5.32 Å². The summed E-state index contributed by atoms with van der Waals surface area (Å²) >= 11 is 1.50. The van der Waals surface area contributed by atoms with Crippen LogP contribution in [0.3, 0.4) is 0 Å². The first-order chi connectivity index (χ1) is 14.0. The van der Waals surface area contributed by atoms with Crippen LogP contribution in [0.4, 0.5) is 0 Å². The number of nitrogens with one attached hydrogen (secondary N) is 1.